The highest BCUT2D eigenvalue weighted by molar-refractivity contribution is 5.67. The highest BCUT2D eigenvalue weighted by atomic mass is 16.6. The van der Waals surface area contributed by atoms with Crippen molar-refractivity contribution in [1.29, 1.82) is 0 Å². The summed E-state index contributed by atoms with van der Waals surface area (Å²) in [4.78, 5) is 11.3. The molecule has 0 aromatic heterocycles. The van der Waals surface area contributed by atoms with Gasteiger partial charge in [0.2, 0.25) is 0 Å². The van der Waals surface area contributed by atoms with Gasteiger partial charge in [0, 0.05) is 6.54 Å². The van der Waals surface area contributed by atoms with Gasteiger partial charge >= 0.3 is 6.09 Å². The summed E-state index contributed by atoms with van der Waals surface area (Å²) in [5, 5.41) is 5.84. The third-order valence-electron chi connectivity index (χ3n) is 1.88. The number of hydrogen-bond donors (Lipinski definition) is 2. The van der Waals surface area contributed by atoms with Gasteiger partial charge in [-0.2, -0.15) is 0 Å². The van der Waals surface area contributed by atoms with Crippen LogP contribution in [0.4, 0.5) is 4.79 Å². The normalized spacial score (nSPS) is 13.4. The fourth-order valence-corrected chi connectivity index (χ4v) is 1.06. The van der Waals surface area contributed by atoms with Crippen LogP contribution in [-0.4, -0.2) is 31.8 Å². The van der Waals surface area contributed by atoms with E-state index in [4.69, 9.17) is 4.74 Å². The molecular weight excluding hydrogens is 192 g/mol. The molecule has 90 valence electrons. The molecule has 0 aromatic carbocycles. The topological polar surface area (TPSA) is 50.4 Å². The molecule has 15 heavy (non-hydrogen) atoms. The van der Waals surface area contributed by atoms with Crippen molar-refractivity contribution in [1.82, 2.24) is 10.6 Å². The monoisotopic (exact) mass is 216 g/mol. The number of nitrogens with one attached hydrogen (secondary N) is 2. The van der Waals surface area contributed by atoms with Crippen LogP contribution < -0.4 is 10.6 Å². The first-order valence-corrected chi connectivity index (χ1v) is 5.46. The van der Waals surface area contributed by atoms with Gasteiger partial charge in [-0.15, -0.1) is 0 Å². The van der Waals surface area contributed by atoms with E-state index in [0.717, 1.165) is 13.0 Å². The average Bonchev–Trinajstić information content (AvgIpc) is 2.08. The fourth-order valence-electron chi connectivity index (χ4n) is 1.06. The van der Waals surface area contributed by atoms with Crippen molar-refractivity contribution in [3.63, 3.8) is 0 Å². The van der Waals surface area contributed by atoms with Crippen LogP contribution in [-0.2, 0) is 4.74 Å². The molecule has 0 aliphatic carbocycles. The Bertz CT molecular complexity index is 188. The second-order valence-electron chi connectivity index (χ2n) is 4.88. The number of alkyl carbamates (subject to hydrolysis) is 1. The second-order valence-corrected chi connectivity index (χ2v) is 4.88. The molecule has 4 heteroatoms. The van der Waals surface area contributed by atoms with Crippen LogP contribution >= 0.6 is 0 Å². The minimum absolute atomic E-state index is 0.334. The van der Waals surface area contributed by atoms with E-state index in [1.165, 1.54) is 0 Å². The standard InChI is InChI=1S/C11H24N2O2/c1-9(6-7-12-5)8-13-10(14)15-11(2,3)4/h9,12H,6-8H2,1-5H3,(H,13,14). The Labute approximate surface area is 92.8 Å². The molecule has 0 aliphatic rings. The van der Waals surface area contributed by atoms with Gasteiger partial charge in [0.25, 0.3) is 0 Å². The molecule has 0 aromatic rings. The van der Waals surface area contributed by atoms with Gasteiger partial charge in [0.05, 0.1) is 0 Å². The molecular formula is C11H24N2O2. The molecule has 1 unspecified atom stereocenters. The average molecular weight is 216 g/mol. The van der Waals surface area contributed by atoms with Gasteiger partial charge in [0.15, 0.2) is 0 Å². The van der Waals surface area contributed by atoms with Crippen molar-refractivity contribution >= 4 is 6.09 Å². The first-order chi connectivity index (χ1) is 6.85. The number of ether oxygens (including phenoxy) is 1. The van der Waals surface area contributed by atoms with E-state index >= 15 is 0 Å². The van der Waals surface area contributed by atoms with Crippen molar-refractivity contribution in [2.75, 3.05) is 20.1 Å². The molecule has 0 spiro atoms. The third kappa shape index (κ3) is 9.53. The zero-order valence-corrected chi connectivity index (χ0v) is 10.5. The number of rotatable bonds is 5. The summed E-state index contributed by atoms with van der Waals surface area (Å²) in [6.07, 6.45) is 0.713. The van der Waals surface area contributed by atoms with Crippen LogP contribution in [0, 0.1) is 5.92 Å². The third-order valence-corrected chi connectivity index (χ3v) is 1.88. The van der Waals surface area contributed by atoms with Crippen molar-refractivity contribution < 1.29 is 9.53 Å². The first kappa shape index (κ1) is 14.2. The molecule has 1 amide bonds. The Morgan fingerprint density at radius 3 is 2.47 bits per heavy atom. The van der Waals surface area contributed by atoms with Gasteiger partial charge < -0.3 is 15.4 Å². The van der Waals surface area contributed by atoms with Crippen molar-refractivity contribution in [3.05, 3.63) is 0 Å². The maximum atomic E-state index is 11.3. The number of carbonyl (C=O) groups is 1. The lowest BCUT2D eigenvalue weighted by atomic mass is 10.1. The minimum atomic E-state index is -0.418. The Morgan fingerprint density at radius 2 is 2.00 bits per heavy atom. The summed E-state index contributed by atoms with van der Waals surface area (Å²) in [5.74, 6) is 0.463. The van der Waals surface area contributed by atoms with Crippen LogP contribution in [0.3, 0.4) is 0 Å². The second kappa shape index (κ2) is 6.67. The van der Waals surface area contributed by atoms with Crippen LogP contribution in [0.5, 0.6) is 0 Å². The maximum absolute atomic E-state index is 11.3. The highest BCUT2D eigenvalue weighted by Crippen LogP contribution is 2.06. The summed E-state index contributed by atoms with van der Waals surface area (Å²) >= 11 is 0. The maximum Gasteiger partial charge on any atom is 0.407 e. The van der Waals surface area contributed by atoms with E-state index in [2.05, 4.69) is 17.6 Å². The summed E-state index contributed by atoms with van der Waals surface area (Å²) in [5.41, 5.74) is -0.418. The highest BCUT2D eigenvalue weighted by Gasteiger charge is 2.16. The molecule has 0 aliphatic heterocycles. The molecule has 0 saturated carbocycles. The van der Waals surface area contributed by atoms with Crippen LogP contribution in [0.15, 0.2) is 0 Å². The Balaban J connectivity index is 3.62. The molecule has 0 fully saturated rings. The Morgan fingerprint density at radius 1 is 1.40 bits per heavy atom. The van der Waals surface area contributed by atoms with Gasteiger partial charge in [-0.3, -0.25) is 0 Å². The van der Waals surface area contributed by atoms with Gasteiger partial charge in [-0.05, 0) is 46.7 Å². The zero-order valence-electron chi connectivity index (χ0n) is 10.5. The molecule has 0 rings (SSSR count). The van der Waals surface area contributed by atoms with Gasteiger partial charge in [0.1, 0.15) is 5.60 Å². The molecule has 0 radical (unpaired) electrons. The Hall–Kier alpha value is -0.770. The van der Waals surface area contributed by atoms with Crippen LogP contribution in [0.2, 0.25) is 0 Å². The summed E-state index contributed by atoms with van der Waals surface area (Å²) < 4.78 is 5.13. The van der Waals surface area contributed by atoms with Crippen molar-refractivity contribution in [2.45, 2.75) is 39.7 Å². The van der Waals surface area contributed by atoms with E-state index in [1.54, 1.807) is 0 Å². The zero-order chi connectivity index (χ0) is 11.9. The predicted molar refractivity (Wildman–Crippen MR) is 61.9 cm³/mol. The van der Waals surface area contributed by atoms with Gasteiger partial charge in [-0.1, -0.05) is 6.92 Å². The summed E-state index contributed by atoms with van der Waals surface area (Å²) in [6, 6.07) is 0. The SMILES string of the molecule is CNCCC(C)CNC(=O)OC(C)(C)C. The predicted octanol–water partition coefficient (Wildman–Crippen LogP) is 1.76. The van der Waals surface area contributed by atoms with E-state index < -0.39 is 5.60 Å². The number of carbonyl (C=O) groups excluding carboxylic acids is 1. The van der Waals surface area contributed by atoms with Crippen LogP contribution in [0.25, 0.3) is 0 Å². The van der Waals surface area contributed by atoms with E-state index in [9.17, 15) is 4.79 Å². The lowest BCUT2D eigenvalue weighted by Crippen LogP contribution is -2.35. The fraction of sp³-hybridized carbons (Fsp3) is 0.909. The van der Waals surface area contributed by atoms with E-state index in [-0.39, 0.29) is 6.09 Å². The van der Waals surface area contributed by atoms with Gasteiger partial charge in [-0.25, -0.2) is 4.79 Å². The van der Waals surface area contributed by atoms with E-state index in [0.29, 0.717) is 12.5 Å². The number of amides is 1. The molecule has 0 bridgehead atoms. The minimum Gasteiger partial charge on any atom is -0.444 e. The number of hydrogen-bond acceptors (Lipinski definition) is 3. The Kier molecular flexibility index (Phi) is 6.32. The van der Waals surface area contributed by atoms with Crippen LogP contribution in [0.1, 0.15) is 34.1 Å². The summed E-state index contributed by atoms with van der Waals surface area (Å²) in [6.45, 7) is 9.31. The smallest absolute Gasteiger partial charge is 0.407 e. The van der Waals surface area contributed by atoms with Crippen molar-refractivity contribution in [3.8, 4) is 0 Å². The molecule has 2 N–H and O–H groups in total. The quantitative estimate of drug-likeness (QED) is 0.736. The summed E-state index contributed by atoms with van der Waals surface area (Å²) in [7, 11) is 1.92. The molecule has 0 heterocycles. The van der Waals surface area contributed by atoms with E-state index in [1.807, 2.05) is 27.8 Å². The molecule has 1 atom stereocenters. The first-order valence-electron chi connectivity index (χ1n) is 5.46. The van der Waals surface area contributed by atoms with Crippen molar-refractivity contribution in [2.24, 2.45) is 5.92 Å². The lowest BCUT2D eigenvalue weighted by Gasteiger charge is -2.20. The molecule has 0 saturated heterocycles. The largest absolute Gasteiger partial charge is 0.444 e. The lowest BCUT2D eigenvalue weighted by molar-refractivity contribution is 0.0520. The molecule has 4 nitrogen and oxygen atoms in total.